The van der Waals surface area contributed by atoms with Gasteiger partial charge in [-0.05, 0) is 0 Å². The first kappa shape index (κ1) is 18.2. The Bertz CT molecular complexity index is 1210. The number of hydrogen-bond acceptors (Lipinski definition) is 5. The third kappa shape index (κ3) is 3.09. The van der Waals surface area contributed by atoms with Crippen LogP contribution in [0.3, 0.4) is 0 Å². The zero-order valence-electron chi connectivity index (χ0n) is 16.4. The van der Waals surface area contributed by atoms with Crippen LogP contribution in [0.25, 0.3) is 22.0 Å². The average molecular weight is 451 g/mol. The number of methoxy groups -OCH3 is 1. The van der Waals surface area contributed by atoms with Crippen molar-refractivity contribution in [3.63, 3.8) is 0 Å². The minimum atomic E-state index is -0.423. The number of rotatable bonds is 4. The van der Waals surface area contributed by atoms with E-state index in [1.54, 1.807) is 7.11 Å². The van der Waals surface area contributed by atoms with Crippen LogP contribution in [0.2, 0.25) is 0 Å². The third-order valence-corrected chi connectivity index (χ3v) is 7.35. The van der Waals surface area contributed by atoms with Gasteiger partial charge in [0.15, 0.2) is 0 Å². The van der Waals surface area contributed by atoms with Crippen molar-refractivity contribution in [2.45, 2.75) is 26.1 Å². The molecular formula is C23H20N2O3Se. The number of benzene rings is 3. The van der Waals surface area contributed by atoms with E-state index in [-0.39, 0.29) is 14.7 Å². The van der Waals surface area contributed by atoms with Gasteiger partial charge in [-0.3, -0.25) is 0 Å². The second-order valence-electron chi connectivity index (χ2n) is 7.49. The normalized spacial score (nSPS) is 14.0. The molecule has 0 bridgehead atoms. The molecule has 6 heteroatoms. The second-order valence-corrected chi connectivity index (χ2v) is 9.07. The molecule has 0 spiro atoms. The molecule has 5 nitrogen and oxygen atoms in total. The van der Waals surface area contributed by atoms with E-state index >= 15 is 0 Å². The molecular weight excluding hydrogens is 431 g/mol. The molecule has 2 heterocycles. The molecule has 29 heavy (non-hydrogen) atoms. The first-order valence-electron chi connectivity index (χ1n) is 9.40. The summed E-state index contributed by atoms with van der Waals surface area (Å²) in [5.74, 6) is 2.06. The van der Waals surface area contributed by atoms with E-state index < -0.39 is 5.60 Å². The summed E-state index contributed by atoms with van der Waals surface area (Å²) >= 11 is -0.0205. The Morgan fingerprint density at radius 1 is 1.03 bits per heavy atom. The fourth-order valence-corrected chi connectivity index (χ4v) is 5.21. The molecule has 0 unspecified atom stereocenters. The van der Waals surface area contributed by atoms with Gasteiger partial charge in [0, 0.05) is 0 Å². The predicted octanol–water partition coefficient (Wildman–Crippen LogP) is 4.57. The van der Waals surface area contributed by atoms with Gasteiger partial charge in [-0.25, -0.2) is 0 Å². The van der Waals surface area contributed by atoms with E-state index in [0.717, 1.165) is 27.0 Å². The molecule has 0 fully saturated rings. The minimum absolute atomic E-state index is 0.0205. The topological polar surface area (TPSA) is 53.5 Å². The van der Waals surface area contributed by atoms with E-state index in [9.17, 15) is 0 Å². The van der Waals surface area contributed by atoms with Crippen LogP contribution >= 0.6 is 0 Å². The molecule has 0 amide bonds. The molecule has 0 N–H and O–H groups in total. The molecule has 0 atom stereocenters. The summed E-state index contributed by atoms with van der Waals surface area (Å²) in [6.45, 7) is 4.56. The second kappa shape index (κ2) is 6.90. The van der Waals surface area contributed by atoms with Gasteiger partial charge < -0.3 is 0 Å². The van der Waals surface area contributed by atoms with Crippen LogP contribution in [0.5, 0.6) is 17.2 Å². The molecule has 146 valence electrons. The molecule has 4 aromatic rings. The van der Waals surface area contributed by atoms with Crippen molar-refractivity contribution in [1.82, 2.24) is 9.19 Å². The van der Waals surface area contributed by atoms with Crippen molar-refractivity contribution in [2.75, 3.05) is 7.11 Å². The Balaban J connectivity index is 1.52. The summed E-state index contributed by atoms with van der Waals surface area (Å²) in [6.07, 6.45) is 0. The van der Waals surface area contributed by atoms with E-state index in [2.05, 4.69) is 53.4 Å². The molecule has 1 aliphatic heterocycles. The maximum absolute atomic E-state index is 6.30. The van der Waals surface area contributed by atoms with E-state index in [0.29, 0.717) is 18.1 Å². The van der Waals surface area contributed by atoms with Crippen LogP contribution in [0.4, 0.5) is 0 Å². The summed E-state index contributed by atoms with van der Waals surface area (Å²) in [7, 11) is 1.65. The van der Waals surface area contributed by atoms with E-state index in [1.807, 2.05) is 24.3 Å². The van der Waals surface area contributed by atoms with Crippen molar-refractivity contribution >= 4 is 25.5 Å². The van der Waals surface area contributed by atoms with Gasteiger partial charge in [0.05, 0.1) is 0 Å². The molecule has 3 aromatic carbocycles. The van der Waals surface area contributed by atoms with Gasteiger partial charge in [-0.1, -0.05) is 6.07 Å². The van der Waals surface area contributed by atoms with Gasteiger partial charge in [0.25, 0.3) is 0 Å². The van der Waals surface area contributed by atoms with Crippen LogP contribution in [0.15, 0.2) is 54.6 Å². The summed E-state index contributed by atoms with van der Waals surface area (Å²) < 4.78 is 23.5. The Morgan fingerprint density at radius 3 is 2.72 bits per heavy atom. The van der Waals surface area contributed by atoms with E-state index in [4.69, 9.17) is 14.2 Å². The number of ether oxygens (including phenoxy) is 3. The Labute approximate surface area is 175 Å². The fourth-order valence-electron chi connectivity index (χ4n) is 3.74. The van der Waals surface area contributed by atoms with Gasteiger partial charge >= 0.3 is 169 Å². The van der Waals surface area contributed by atoms with Crippen LogP contribution < -0.4 is 14.2 Å². The van der Waals surface area contributed by atoms with Crippen LogP contribution in [-0.2, 0) is 12.2 Å². The van der Waals surface area contributed by atoms with Gasteiger partial charge in [0.2, 0.25) is 0 Å². The number of fused-ring (bicyclic) bond motifs is 4. The molecule has 0 aliphatic carbocycles. The summed E-state index contributed by atoms with van der Waals surface area (Å²) in [5.41, 5.74) is 2.53. The fraction of sp³-hybridized carbons (Fsp3) is 0.217. The Morgan fingerprint density at radius 2 is 1.86 bits per heavy atom. The molecule has 1 aromatic heterocycles. The Kier molecular flexibility index (Phi) is 4.34. The summed E-state index contributed by atoms with van der Waals surface area (Å²) in [4.78, 5) is 0. The van der Waals surface area contributed by atoms with Crippen LogP contribution in [0.1, 0.15) is 23.8 Å². The van der Waals surface area contributed by atoms with Crippen molar-refractivity contribution in [2.24, 2.45) is 0 Å². The summed E-state index contributed by atoms with van der Waals surface area (Å²) in [5, 5.41) is 6.77. The zero-order valence-corrected chi connectivity index (χ0v) is 18.1. The SMILES string of the molecule is COc1cc2c(cc1OCc1cccc3ccccc13)OC(C)(C)c1[se]nnc1-2. The molecule has 1 aliphatic rings. The van der Waals surface area contributed by atoms with E-state index in [1.165, 1.54) is 10.8 Å². The van der Waals surface area contributed by atoms with Crippen molar-refractivity contribution < 1.29 is 14.2 Å². The van der Waals surface area contributed by atoms with Crippen molar-refractivity contribution in [3.05, 3.63) is 64.6 Å². The summed E-state index contributed by atoms with van der Waals surface area (Å²) in [6, 6.07) is 18.4. The molecule has 0 saturated heterocycles. The van der Waals surface area contributed by atoms with Crippen molar-refractivity contribution in [3.8, 4) is 28.5 Å². The third-order valence-electron chi connectivity index (χ3n) is 5.18. The standard InChI is InChI=1S/C23H20N2O3Se/c1-23(2)22-21(24-25-29-22)17-11-19(26-3)20(12-18(17)28-23)27-13-15-9-6-8-14-7-4-5-10-16(14)15/h4-12H,13H2,1-3H3. The monoisotopic (exact) mass is 452 g/mol. The van der Waals surface area contributed by atoms with Gasteiger partial charge in [-0.15, -0.1) is 0 Å². The number of aromatic nitrogens is 2. The molecule has 0 radical (unpaired) electrons. The van der Waals surface area contributed by atoms with Gasteiger partial charge in [-0.2, -0.15) is 0 Å². The zero-order chi connectivity index (χ0) is 20.0. The van der Waals surface area contributed by atoms with Gasteiger partial charge in [0.1, 0.15) is 0 Å². The van der Waals surface area contributed by atoms with Crippen molar-refractivity contribution in [1.29, 1.82) is 0 Å². The predicted molar refractivity (Wildman–Crippen MR) is 113 cm³/mol. The number of nitrogens with zero attached hydrogens (tertiary/aromatic N) is 2. The first-order chi connectivity index (χ1) is 14.1. The molecule has 5 rings (SSSR count). The number of hydrogen-bond donors (Lipinski definition) is 0. The quantitative estimate of drug-likeness (QED) is 0.426. The molecule has 0 saturated carbocycles. The Hall–Kier alpha value is -2.82. The van der Waals surface area contributed by atoms with Crippen LogP contribution in [0, 0.1) is 0 Å². The maximum atomic E-state index is 6.30. The average Bonchev–Trinajstić information content (AvgIpc) is 3.23. The first-order valence-corrected chi connectivity index (χ1v) is 11.0. The van der Waals surface area contributed by atoms with Crippen LogP contribution in [-0.4, -0.2) is 31.0 Å².